The Bertz CT molecular complexity index is 2440. The lowest BCUT2D eigenvalue weighted by Crippen LogP contribution is -2.65. The van der Waals surface area contributed by atoms with Crippen LogP contribution in [0.15, 0.2) is 23.3 Å². The number of nitrogens with zero attached hydrogens (tertiary/aromatic N) is 2. The normalized spacial score (nSPS) is 56.6. The van der Waals surface area contributed by atoms with Crippen molar-refractivity contribution < 1.29 is 54.0 Å². The Hall–Kier alpha value is -2.17. The number of allylic oxidation sites excluding steroid dienone is 1. The van der Waals surface area contributed by atoms with Crippen LogP contribution in [0, 0.1) is 74.9 Å². The molecule has 8 aliphatic carbocycles. The highest BCUT2D eigenvalue weighted by molar-refractivity contribution is 5.91. The van der Waals surface area contributed by atoms with Crippen LogP contribution in [0.1, 0.15) is 142 Å². The van der Waals surface area contributed by atoms with E-state index in [0.717, 1.165) is 79.7 Å². The van der Waals surface area contributed by atoms with Crippen molar-refractivity contribution in [2.24, 2.45) is 74.9 Å². The van der Waals surface area contributed by atoms with E-state index in [4.69, 9.17) is 33.7 Å². The third kappa shape index (κ3) is 5.12. The molecule has 0 bridgehead atoms. The average Bonchev–Trinajstić information content (AvgIpc) is 4.01. The van der Waals surface area contributed by atoms with Gasteiger partial charge in [0.15, 0.2) is 5.79 Å². The molecule has 68 heavy (non-hydrogen) atoms. The van der Waals surface area contributed by atoms with Gasteiger partial charge in [0.05, 0.1) is 58.7 Å². The van der Waals surface area contributed by atoms with Gasteiger partial charge in [-0.05, 0) is 125 Å². The van der Waals surface area contributed by atoms with Crippen LogP contribution < -0.4 is 0 Å². The Balaban J connectivity index is 0.784. The number of rotatable bonds is 2. The van der Waals surface area contributed by atoms with E-state index >= 15 is 0 Å². The Morgan fingerprint density at radius 1 is 0.794 bits per heavy atom. The summed E-state index contributed by atoms with van der Waals surface area (Å²) in [6, 6.07) is 0. The zero-order valence-electron chi connectivity index (χ0n) is 41.7. The molecule has 5 N–H and O–H groups in total. The summed E-state index contributed by atoms with van der Waals surface area (Å²) in [5.41, 5.74) is 1.23. The van der Waals surface area contributed by atoms with Gasteiger partial charge in [-0.3, -0.25) is 14.8 Å². The molecule has 4 aliphatic heterocycles. The first-order chi connectivity index (χ1) is 32.0. The Morgan fingerprint density at radius 2 is 1.50 bits per heavy atom. The van der Waals surface area contributed by atoms with E-state index in [0.29, 0.717) is 36.9 Å². The molecule has 13 rings (SSSR count). The fourth-order valence-corrected chi connectivity index (χ4v) is 19.7. The molecule has 3 spiro atoms. The zero-order chi connectivity index (χ0) is 47.9. The van der Waals surface area contributed by atoms with Crippen molar-refractivity contribution in [1.82, 2.24) is 9.97 Å². The zero-order valence-corrected chi connectivity index (χ0v) is 41.7. The molecule has 4 saturated carbocycles. The molecule has 13 nitrogen and oxygen atoms in total. The van der Waals surface area contributed by atoms with Gasteiger partial charge >= 0.3 is 0 Å². The number of Topliss-reactive ketones (excluding diaryl/α,β-unsaturated/α-hetero) is 1. The van der Waals surface area contributed by atoms with E-state index in [1.165, 1.54) is 5.57 Å². The predicted molar refractivity (Wildman–Crippen MR) is 246 cm³/mol. The van der Waals surface area contributed by atoms with Crippen LogP contribution in [0.25, 0.3) is 0 Å². The van der Waals surface area contributed by atoms with Gasteiger partial charge in [-0.25, -0.2) is 0 Å². The van der Waals surface area contributed by atoms with Crippen molar-refractivity contribution in [3.63, 3.8) is 0 Å². The summed E-state index contributed by atoms with van der Waals surface area (Å²) < 4.78 is 33.0. The van der Waals surface area contributed by atoms with Gasteiger partial charge in [-0.1, -0.05) is 57.9 Å². The van der Waals surface area contributed by atoms with Crippen LogP contribution in [-0.2, 0) is 47.7 Å². The molecule has 3 unspecified atom stereocenters. The minimum Gasteiger partial charge on any atom is -0.393 e. The first-order valence-corrected chi connectivity index (χ1v) is 26.5. The van der Waals surface area contributed by atoms with Crippen LogP contribution in [0.4, 0.5) is 0 Å². The summed E-state index contributed by atoms with van der Waals surface area (Å²) in [5, 5.41) is 58.6. The lowest BCUT2D eigenvalue weighted by atomic mass is 9.43. The maximum atomic E-state index is 15.0. The Kier molecular flexibility index (Phi) is 9.34. The standard InChI is InChI=1S/C55H76N2O11/c1-26-32-14-15-33-30-12-10-28-16-37-39(21-49(28,6)34(30)18-41(60)52(32,33)25-65-54(26)42(61)22-47(3,4)67-54)56-38-17-29-11-13-31-35(50(29,7)46(64-9)45(38)57-37)19-40(59)51(8)36(31)20-44-53(51,63)27(2)55(66-44)43(62)23-48(5,24-58)68-55/h15,20,26-32,34-35,40,42-44,46,58-59,61-63H,10-14,16-19,21-25H2,1-9H3/t26-,27-,28-,29-,30-,31+,32+,34-,35-,40+,42+,43+,44-,46-,48-,49-,50-,51+,52?,53+,54?,55?/m0/s1. The van der Waals surface area contributed by atoms with Crippen LogP contribution in [0.3, 0.4) is 0 Å². The Morgan fingerprint density at radius 3 is 2.19 bits per heavy atom. The molecule has 372 valence electrons. The molecule has 1 aromatic rings. The summed E-state index contributed by atoms with van der Waals surface area (Å²) in [5.74, 6) is -1.79. The molecule has 12 aliphatic rings. The van der Waals surface area contributed by atoms with Crippen molar-refractivity contribution >= 4 is 5.78 Å². The minimum absolute atomic E-state index is 0.0464. The second-order valence-electron chi connectivity index (χ2n) is 26.3. The van der Waals surface area contributed by atoms with E-state index < -0.39 is 69.5 Å². The van der Waals surface area contributed by atoms with Crippen molar-refractivity contribution in [3.8, 4) is 0 Å². The largest absolute Gasteiger partial charge is 0.393 e. The van der Waals surface area contributed by atoms with Crippen LogP contribution >= 0.6 is 0 Å². The molecule has 0 amide bonds. The van der Waals surface area contributed by atoms with E-state index in [2.05, 4.69) is 32.9 Å². The third-order valence-electron chi connectivity index (χ3n) is 23.2. The summed E-state index contributed by atoms with van der Waals surface area (Å²) in [4.78, 5) is 26.2. The molecular formula is C55H76N2O11. The van der Waals surface area contributed by atoms with E-state index in [1.807, 2.05) is 27.7 Å². The summed E-state index contributed by atoms with van der Waals surface area (Å²) >= 11 is 0. The first kappa shape index (κ1) is 45.7. The van der Waals surface area contributed by atoms with Crippen LogP contribution in [0.2, 0.25) is 0 Å². The quantitative estimate of drug-likeness (QED) is 0.229. The minimum atomic E-state index is -1.54. The number of carbonyl (C=O) groups excluding carboxylic acids is 1. The number of aliphatic hydroxyl groups is 5. The lowest BCUT2D eigenvalue weighted by molar-refractivity contribution is -0.336. The smallest absolute Gasteiger partial charge is 0.201 e. The van der Waals surface area contributed by atoms with Gasteiger partial charge in [0.2, 0.25) is 5.79 Å². The number of carbonyl (C=O) groups is 1. The molecule has 5 heterocycles. The molecule has 0 radical (unpaired) electrons. The van der Waals surface area contributed by atoms with Gasteiger partial charge < -0.3 is 49.2 Å². The van der Waals surface area contributed by atoms with Crippen molar-refractivity contribution in [2.45, 2.75) is 191 Å². The molecule has 22 atom stereocenters. The molecule has 0 aromatic carbocycles. The summed E-state index contributed by atoms with van der Waals surface area (Å²) in [6.07, 6.45) is 9.53. The number of ketones is 1. The highest BCUT2D eigenvalue weighted by atomic mass is 16.7. The third-order valence-corrected chi connectivity index (χ3v) is 23.2. The van der Waals surface area contributed by atoms with Gasteiger partial charge in [0, 0.05) is 49.0 Å². The number of hydrogen-bond donors (Lipinski definition) is 5. The summed E-state index contributed by atoms with van der Waals surface area (Å²) in [7, 11) is 1.80. The van der Waals surface area contributed by atoms with E-state index in [-0.39, 0.29) is 72.1 Å². The van der Waals surface area contributed by atoms with Gasteiger partial charge in [0.1, 0.15) is 35.8 Å². The highest BCUT2D eigenvalue weighted by Gasteiger charge is 2.79. The van der Waals surface area contributed by atoms with Crippen molar-refractivity contribution in [3.05, 3.63) is 46.1 Å². The topological polar surface area (TPSA) is 190 Å². The number of aliphatic hydroxyl groups excluding tert-OH is 4. The maximum absolute atomic E-state index is 15.0. The van der Waals surface area contributed by atoms with E-state index in [9.17, 15) is 30.3 Å². The molecule has 1 aromatic heterocycles. The highest BCUT2D eigenvalue weighted by Crippen LogP contribution is 2.73. The second kappa shape index (κ2) is 13.9. The maximum Gasteiger partial charge on any atom is 0.201 e. The monoisotopic (exact) mass is 941 g/mol. The fraction of sp³-hybridized carbons (Fsp3) is 0.836. The number of aromatic nitrogens is 2. The SMILES string of the molecule is CO[C@H]1c2nc3c(nc2C[C@@H]2CC[C@H]4C5=C[C@@H]6OC7(O[C@](C)(CO)C[C@H]7O)[C@@H](C)[C@]6(O)[C@@]5(C)[C@H](O)C[C@@H]4[C@]21C)C[C@@]1(C)[C@@H](CC[C@H]2C4=CC[C@@H]5[C@H](C)C6(OCC45C(=O)C[C@@H]21)OC(C)(C)C[C@H]6O)C3. The van der Waals surface area contributed by atoms with Crippen molar-refractivity contribution in [2.75, 3.05) is 20.3 Å². The molecule has 13 heteroatoms. The number of methoxy groups -OCH3 is 1. The van der Waals surface area contributed by atoms with Gasteiger partial charge in [-0.2, -0.15) is 0 Å². The predicted octanol–water partition coefficient (Wildman–Crippen LogP) is 5.65. The number of fused-ring (bicyclic) bond motifs is 13. The van der Waals surface area contributed by atoms with Gasteiger partial charge in [0.25, 0.3) is 0 Å². The number of ether oxygens (including phenoxy) is 5. The van der Waals surface area contributed by atoms with E-state index in [1.54, 1.807) is 14.0 Å². The lowest BCUT2D eigenvalue weighted by Gasteiger charge is -2.63. The number of hydrogen-bond acceptors (Lipinski definition) is 13. The molecule has 4 saturated heterocycles. The molecular weight excluding hydrogens is 865 g/mol. The average molecular weight is 941 g/mol. The molecule has 8 fully saturated rings. The second-order valence-corrected chi connectivity index (χ2v) is 26.3. The van der Waals surface area contributed by atoms with Crippen molar-refractivity contribution in [1.29, 1.82) is 0 Å². The fourth-order valence-electron chi connectivity index (χ4n) is 19.7. The first-order valence-electron chi connectivity index (χ1n) is 26.5. The Labute approximate surface area is 401 Å². The van der Waals surface area contributed by atoms with Crippen LogP contribution in [0.5, 0.6) is 0 Å². The van der Waals surface area contributed by atoms with Gasteiger partial charge in [-0.15, -0.1) is 0 Å². The van der Waals surface area contributed by atoms with Crippen LogP contribution in [-0.4, -0.2) is 114 Å². The summed E-state index contributed by atoms with van der Waals surface area (Å²) in [6.45, 7) is 16.6.